The molecule has 0 bridgehead atoms. The average Bonchev–Trinajstić information content (AvgIpc) is 2.14. The van der Waals surface area contributed by atoms with Gasteiger partial charge in [-0.05, 0) is 11.3 Å². The molecule has 0 radical (unpaired) electrons. The molecule has 1 unspecified atom stereocenters. The third-order valence-corrected chi connectivity index (χ3v) is 2.55. The minimum atomic E-state index is -0.624. The topological polar surface area (TPSA) is 57.6 Å². The molecular formula is C12H21NO3. The standard InChI is InChI=1S/C12H21NO3/c1-8(2)9(3)10(12(4,5)6)11(15)13(16)7-14/h7-8,10,16H,3H2,1-2,4-6H3. The number of rotatable bonds is 4. The van der Waals surface area contributed by atoms with E-state index in [1.807, 2.05) is 34.6 Å². The normalized spacial score (nSPS) is 13.4. The van der Waals surface area contributed by atoms with Crippen LogP contribution in [0, 0.1) is 17.3 Å². The lowest BCUT2D eigenvalue weighted by Crippen LogP contribution is -2.40. The van der Waals surface area contributed by atoms with Gasteiger partial charge in [0.05, 0.1) is 5.92 Å². The van der Waals surface area contributed by atoms with Crippen molar-refractivity contribution in [3.63, 3.8) is 0 Å². The Kier molecular flexibility index (Phi) is 4.87. The highest BCUT2D eigenvalue weighted by molar-refractivity contribution is 5.88. The summed E-state index contributed by atoms with van der Waals surface area (Å²) in [7, 11) is 0. The van der Waals surface area contributed by atoms with Gasteiger partial charge in [0.25, 0.3) is 5.91 Å². The average molecular weight is 227 g/mol. The molecule has 0 aliphatic heterocycles. The van der Waals surface area contributed by atoms with Crippen LogP contribution in [-0.2, 0) is 9.59 Å². The molecule has 92 valence electrons. The number of hydrogen-bond acceptors (Lipinski definition) is 3. The zero-order valence-corrected chi connectivity index (χ0v) is 10.7. The summed E-state index contributed by atoms with van der Waals surface area (Å²) in [6.45, 7) is 13.4. The molecule has 0 aliphatic carbocycles. The zero-order chi connectivity index (χ0) is 13.1. The summed E-state index contributed by atoms with van der Waals surface area (Å²) < 4.78 is 0. The Hall–Kier alpha value is -1.16. The maximum Gasteiger partial charge on any atom is 0.260 e. The van der Waals surface area contributed by atoms with E-state index in [1.54, 1.807) is 0 Å². The number of amides is 2. The summed E-state index contributed by atoms with van der Waals surface area (Å²) in [6.07, 6.45) is 0.106. The van der Waals surface area contributed by atoms with Gasteiger partial charge in [0.2, 0.25) is 6.41 Å². The largest absolute Gasteiger partial charge is 0.279 e. The fourth-order valence-electron chi connectivity index (χ4n) is 1.60. The van der Waals surface area contributed by atoms with E-state index < -0.39 is 11.8 Å². The van der Waals surface area contributed by atoms with Gasteiger partial charge in [-0.25, -0.2) is 0 Å². The third-order valence-electron chi connectivity index (χ3n) is 2.55. The van der Waals surface area contributed by atoms with Crippen LogP contribution in [0.5, 0.6) is 0 Å². The first-order chi connectivity index (χ1) is 7.12. The molecule has 2 amide bonds. The Morgan fingerprint density at radius 3 is 2.06 bits per heavy atom. The highest BCUT2D eigenvalue weighted by Crippen LogP contribution is 2.35. The minimum Gasteiger partial charge on any atom is -0.279 e. The number of hydroxylamine groups is 2. The van der Waals surface area contributed by atoms with Crippen LogP contribution in [0.15, 0.2) is 12.2 Å². The van der Waals surface area contributed by atoms with E-state index in [1.165, 1.54) is 0 Å². The summed E-state index contributed by atoms with van der Waals surface area (Å²) in [6, 6.07) is 0. The monoisotopic (exact) mass is 227 g/mol. The van der Waals surface area contributed by atoms with Crippen LogP contribution in [0.25, 0.3) is 0 Å². The highest BCUT2D eigenvalue weighted by atomic mass is 16.5. The van der Waals surface area contributed by atoms with Crippen LogP contribution < -0.4 is 0 Å². The van der Waals surface area contributed by atoms with E-state index in [-0.39, 0.29) is 22.8 Å². The van der Waals surface area contributed by atoms with Crippen molar-refractivity contribution in [3.05, 3.63) is 12.2 Å². The minimum absolute atomic E-state index is 0.101. The second-order valence-electron chi connectivity index (χ2n) is 5.32. The molecule has 0 saturated carbocycles. The van der Waals surface area contributed by atoms with E-state index in [2.05, 4.69) is 6.58 Å². The van der Waals surface area contributed by atoms with Crippen molar-refractivity contribution in [2.24, 2.45) is 17.3 Å². The molecule has 0 fully saturated rings. The van der Waals surface area contributed by atoms with E-state index in [0.29, 0.717) is 0 Å². The van der Waals surface area contributed by atoms with Crippen LogP contribution in [0.1, 0.15) is 34.6 Å². The van der Waals surface area contributed by atoms with Crippen molar-refractivity contribution in [1.29, 1.82) is 0 Å². The van der Waals surface area contributed by atoms with E-state index >= 15 is 0 Å². The van der Waals surface area contributed by atoms with E-state index in [9.17, 15) is 9.59 Å². The third kappa shape index (κ3) is 3.45. The quantitative estimate of drug-likeness (QED) is 0.347. The molecule has 1 N–H and O–H groups in total. The van der Waals surface area contributed by atoms with Crippen LogP contribution in [0.4, 0.5) is 0 Å². The van der Waals surface area contributed by atoms with E-state index in [4.69, 9.17) is 5.21 Å². The van der Waals surface area contributed by atoms with Crippen molar-refractivity contribution >= 4 is 12.3 Å². The maximum atomic E-state index is 11.9. The molecule has 4 nitrogen and oxygen atoms in total. The van der Waals surface area contributed by atoms with Crippen molar-refractivity contribution in [3.8, 4) is 0 Å². The van der Waals surface area contributed by atoms with Crippen LogP contribution in [0.2, 0.25) is 0 Å². The van der Waals surface area contributed by atoms with Crippen LogP contribution in [0.3, 0.4) is 0 Å². The first kappa shape index (κ1) is 14.8. The Bertz CT molecular complexity index is 289. The summed E-state index contributed by atoms with van der Waals surface area (Å²) >= 11 is 0. The van der Waals surface area contributed by atoms with Gasteiger partial charge in [0.15, 0.2) is 0 Å². The molecule has 0 saturated heterocycles. The number of imide groups is 1. The predicted molar refractivity (Wildman–Crippen MR) is 61.6 cm³/mol. The van der Waals surface area contributed by atoms with Crippen LogP contribution >= 0.6 is 0 Å². The van der Waals surface area contributed by atoms with Gasteiger partial charge in [-0.3, -0.25) is 14.8 Å². The summed E-state index contributed by atoms with van der Waals surface area (Å²) in [5.41, 5.74) is 0.334. The number of carbonyl (C=O) groups is 2. The summed E-state index contributed by atoms with van der Waals surface area (Å²) in [4.78, 5) is 22.2. The van der Waals surface area contributed by atoms with Crippen molar-refractivity contribution < 1.29 is 14.8 Å². The molecule has 0 rings (SSSR count). The lowest BCUT2D eigenvalue weighted by Gasteiger charge is -2.33. The van der Waals surface area contributed by atoms with Crippen LogP contribution in [-0.4, -0.2) is 22.6 Å². The van der Waals surface area contributed by atoms with Crippen molar-refractivity contribution in [2.75, 3.05) is 0 Å². The van der Waals surface area contributed by atoms with Gasteiger partial charge in [-0.1, -0.05) is 46.8 Å². The van der Waals surface area contributed by atoms with Gasteiger partial charge in [-0.2, -0.15) is 5.06 Å². The smallest absolute Gasteiger partial charge is 0.260 e. The lowest BCUT2D eigenvalue weighted by molar-refractivity contribution is -0.175. The molecule has 0 aliphatic rings. The van der Waals surface area contributed by atoms with Crippen molar-refractivity contribution in [1.82, 2.24) is 5.06 Å². The first-order valence-corrected chi connectivity index (χ1v) is 5.28. The Balaban J connectivity index is 5.19. The lowest BCUT2D eigenvalue weighted by atomic mass is 9.73. The molecular weight excluding hydrogens is 206 g/mol. The molecule has 0 heterocycles. The van der Waals surface area contributed by atoms with Gasteiger partial charge in [-0.15, -0.1) is 0 Å². The molecule has 4 heteroatoms. The fourth-order valence-corrected chi connectivity index (χ4v) is 1.60. The molecule has 16 heavy (non-hydrogen) atoms. The highest BCUT2D eigenvalue weighted by Gasteiger charge is 2.36. The van der Waals surface area contributed by atoms with Gasteiger partial charge in [0.1, 0.15) is 0 Å². The van der Waals surface area contributed by atoms with Gasteiger partial charge < -0.3 is 0 Å². The molecule has 0 aromatic heterocycles. The SMILES string of the molecule is C=C(C(C)C)C(C(=O)N(O)C=O)C(C)(C)C. The molecule has 0 spiro atoms. The number of carbonyl (C=O) groups excluding carboxylic acids is 2. The van der Waals surface area contributed by atoms with Gasteiger partial charge >= 0.3 is 0 Å². The molecule has 0 aromatic rings. The number of hydrogen-bond donors (Lipinski definition) is 1. The Labute approximate surface area is 96.9 Å². The number of nitrogens with zero attached hydrogens (tertiary/aromatic N) is 1. The first-order valence-electron chi connectivity index (χ1n) is 5.28. The van der Waals surface area contributed by atoms with Crippen molar-refractivity contribution in [2.45, 2.75) is 34.6 Å². The van der Waals surface area contributed by atoms with Gasteiger partial charge in [0, 0.05) is 0 Å². The second kappa shape index (κ2) is 5.25. The summed E-state index contributed by atoms with van der Waals surface area (Å²) in [5.74, 6) is -1.07. The molecule has 1 atom stereocenters. The van der Waals surface area contributed by atoms with E-state index in [0.717, 1.165) is 5.57 Å². The fraction of sp³-hybridized carbons (Fsp3) is 0.667. The Morgan fingerprint density at radius 2 is 1.81 bits per heavy atom. The zero-order valence-electron chi connectivity index (χ0n) is 10.7. The maximum absolute atomic E-state index is 11.9. The predicted octanol–water partition coefficient (Wildman–Crippen LogP) is 2.24. The second-order valence-corrected chi connectivity index (χ2v) is 5.32. The molecule has 0 aromatic carbocycles. The Morgan fingerprint density at radius 1 is 1.38 bits per heavy atom. The summed E-state index contributed by atoms with van der Waals surface area (Å²) in [5, 5.41) is 9.27.